The molecule has 0 radical (unpaired) electrons. The standard InChI is InChI=1S/C20H24O4/c1-20(2,19(21)22)16-11-9-15(10-12-16)17-7-4-5-8-18(17)24-14-6-13-23-3/h4-5,7-12H,6,13-14H2,1-3H3,(H,21,22). The minimum absolute atomic E-state index is 0.592. The number of ether oxygens (including phenoxy) is 2. The van der Waals surface area contributed by atoms with E-state index >= 15 is 0 Å². The largest absolute Gasteiger partial charge is 0.493 e. The number of carbonyl (C=O) groups is 1. The van der Waals surface area contributed by atoms with Gasteiger partial charge in [0.1, 0.15) is 5.75 Å². The Kier molecular flexibility index (Phi) is 5.99. The lowest BCUT2D eigenvalue weighted by Gasteiger charge is -2.20. The Balaban J connectivity index is 2.21. The van der Waals surface area contributed by atoms with Crippen LogP contribution in [0.2, 0.25) is 0 Å². The predicted octanol–water partition coefficient (Wildman–Crippen LogP) is 4.13. The van der Waals surface area contributed by atoms with Gasteiger partial charge in [0.25, 0.3) is 0 Å². The Bertz CT molecular complexity index is 674. The van der Waals surface area contributed by atoms with E-state index in [9.17, 15) is 9.90 Å². The van der Waals surface area contributed by atoms with Gasteiger partial charge in [-0.2, -0.15) is 0 Å². The number of benzene rings is 2. The average molecular weight is 328 g/mol. The molecule has 0 spiro atoms. The van der Waals surface area contributed by atoms with E-state index in [0.29, 0.717) is 13.2 Å². The third kappa shape index (κ3) is 4.15. The maximum Gasteiger partial charge on any atom is 0.313 e. The van der Waals surface area contributed by atoms with E-state index in [1.165, 1.54) is 0 Å². The van der Waals surface area contributed by atoms with Crippen LogP contribution in [0.4, 0.5) is 0 Å². The van der Waals surface area contributed by atoms with Crippen LogP contribution < -0.4 is 4.74 Å². The normalized spacial score (nSPS) is 11.3. The molecular weight excluding hydrogens is 304 g/mol. The number of carboxylic acids is 1. The summed E-state index contributed by atoms with van der Waals surface area (Å²) in [5.74, 6) is -0.0176. The number of hydrogen-bond donors (Lipinski definition) is 1. The van der Waals surface area contributed by atoms with Crippen LogP contribution in [-0.4, -0.2) is 31.4 Å². The molecule has 2 aromatic carbocycles. The number of carboxylic acid groups (broad SMARTS) is 1. The lowest BCUT2D eigenvalue weighted by molar-refractivity contribution is -0.142. The van der Waals surface area contributed by atoms with Gasteiger partial charge < -0.3 is 14.6 Å². The molecule has 0 aromatic heterocycles. The van der Waals surface area contributed by atoms with Gasteiger partial charge >= 0.3 is 5.97 Å². The Morgan fingerprint density at radius 2 is 1.71 bits per heavy atom. The van der Waals surface area contributed by atoms with Gasteiger partial charge in [-0.05, 0) is 31.0 Å². The van der Waals surface area contributed by atoms with Gasteiger partial charge in [0.2, 0.25) is 0 Å². The van der Waals surface area contributed by atoms with Gasteiger partial charge in [-0.15, -0.1) is 0 Å². The number of methoxy groups -OCH3 is 1. The number of rotatable bonds is 8. The third-order valence-corrected chi connectivity index (χ3v) is 4.09. The van der Waals surface area contributed by atoms with E-state index in [-0.39, 0.29) is 0 Å². The van der Waals surface area contributed by atoms with E-state index in [1.807, 2.05) is 48.5 Å². The molecule has 0 amide bonds. The molecule has 0 heterocycles. The highest BCUT2D eigenvalue weighted by Crippen LogP contribution is 2.32. The van der Waals surface area contributed by atoms with Crippen molar-refractivity contribution >= 4 is 5.97 Å². The van der Waals surface area contributed by atoms with Gasteiger partial charge in [-0.25, -0.2) is 0 Å². The van der Waals surface area contributed by atoms with Gasteiger partial charge in [0.05, 0.1) is 12.0 Å². The molecule has 24 heavy (non-hydrogen) atoms. The van der Waals surface area contributed by atoms with Crippen LogP contribution in [0.5, 0.6) is 5.75 Å². The van der Waals surface area contributed by atoms with Crippen LogP contribution in [0.3, 0.4) is 0 Å². The lowest BCUT2D eigenvalue weighted by atomic mass is 9.84. The summed E-state index contributed by atoms with van der Waals surface area (Å²) in [6.07, 6.45) is 0.830. The summed E-state index contributed by atoms with van der Waals surface area (Å²) in [7, 11) is 1.67. The van der Waals surface area contributed by atoms with Crippen LogP contribution in [-0.2, 0) is 14.9 Å². The van der Waals surface area contributed by atoms with Crippen molar-refractivity contribution in [2.75, 3.05) is 20.3 Å². The number of aliphatic carboxylic acids is 1. The van der Waals surface area contributed by atoms with E-state index < -0.39 is 11.4 Å². The Morgan fingerprint density at radius 3 is 2.33 bits per heavy atom. The minimum Gasteiger partial charge on any atom is -0.493 e. The highest BCUT2D eigenvalue weighted by atomic mass is 16.5. The summed E-state index contributed by atoms with van der Waals surface area (Å²) >= 11 is 0. The van der Waals surface area contributed by atoms with Crippen LogP contribution in [0.15, 0.2) is 48.5 Å². The first kappa shape index (κ1) is 18.0. The molecule has 2 rings (SSSR count). The van der Waals surface area contributed by atoms with Crippen molar-refractivity contribution < 1.29 is 19.4 Å². The van der Waals surface area contributed by atoms with Gasteiger partial charge in [-0.3, -0.25) is 4.79 Å². The molecule has 2 aromatic rings. The molecule has 0 saturated heterocycles. The summed E-state index contributed by atoms with van der Waals surface area (Å²) < 4.78 is 10.9. The molecule has 0 saturated carbocycles. The topological polar surface area (TPSA) is 55.8 Å². The molecule has 1 N–H and O–H groups in total. The molecule has 0 unspecified atom stereocenters. The first-order chi connectivity index (χ1) is 11.5. The predicted molar refractivity (Wildman–Crippen MR) is 94.5 cm³/mol. The second-order valence-electron chi connectivity index (χ2n) is 6.20. The maximum atomic E-state index is 11.4. The molecule has 4 nitrogen and oxygen atoms in total. The Hall–Kier alpha value is -2.33. The SMILES string of the molecule is COCCCOc1ccccc1-c1ccc(C(C)(C)C(=O)O)cc1. The quantitative estimate of drug-likeness (QED) is 0.740. The van der Waals surface area contributed by atoms with E-state index in [0.717, 1.165) is 28.9 Å². The van der Waals surface area contributed by atoms with Crippen LogP contribution in [0, 0.1) is 0 Å². The summed E-state index contributed by atoms with van der Waals surface area (Å²) in [5, 5.41) is 9.34. The molecule has 4 heteroatoms. The van der Waals surface area contributed by atoms with Crippen LogP contribution >= 0.6 is 0 Å². The molecule has 0 aliphatic carbocycles. The first-order valence-electron chi connectivity index (χ1n) is 8.02. The van der Waals surface area contributed by atoms with E-state index in [1.54, 1.807) is 21.0 Å². The number of hydrogen-bond acceptors (Lipinski definition) is 3. The van der Waals surface area contributed by atoms with Crippen LogP contribution in [0.1, 0.15) is 25.8 Å². The zero-order valence-corrected chi connectivity index (χ0v) is 14.4. The van der Waals surface area contributed by atoms with Crippen molar-refractivity contribution in [2.24, 2.45) is 0 Å². The van der Waals surface area contributed by atoms with Crippen molar-refractivity contribution in [1.82, 2.24) is 0 Å². The van der Waals surface area contributed by atoms with Crippen molar-refractivity contribution in [3.05, 3.63) is 54.1 Å². The second kappa shape index (κ2) is 7.97. The molecule has 0 atom stereocenters. The fraction of sp³-hybridized carbons (Fsp3) is 0.350. The smallest absolute Gasteiger partial charge is 0.313 e. The molecule has 0 bridgehead atoms. The summed E-state index contributed by atoms with van der Waals surface area (Å²) in [4.78, 5) is 11.4. The van der Waals surface area contributed by atoms with Crippen molar-refractivity contribution in [3.8, 4) is 16.9 Å². The molecular formula is C20H24O4. The fourth-order valence-electron chi connectivity index (χ4n) is 2.41. The fourth-order valence-corrected chi connectivity index (χ4v) is 2.41. The number of para-hydroxylation sites is 1. The lowest BCUT2D eigenvalue weighted by Crippen LogP contribution is -2.28. The van der Waals surface area contributed by atoms with Crippen molar-refractivity contribution in [1.29, 1.82) is 0 Å². The summed E-state index contributed by atoms with van der Waals surface area (Å²) in [5.41, 5.74) is 1.86. The molecule has 0 aliphatic heterocycles. The monoisotopic (exact) mass is 328 g/mol. The highest BCUT2D eigenvalue weighted by molar-refractivity contribution is 5.81. The Morgan fingerprint density at radius 1 is 1.04 bits per heavy atom. The highest BCUT2D eigenvalue weighted by Gasteiger charge is 2.29. The van der Waals surface area contributed by atoms with Crippen LogP contribution in [0.25, 0.3) is 11.1 Å². The second-order valence-corrected chi connectivity index (χ2v) is 6.20. The van der Waals surface area contributed by atoms with E-state index in [4.69, 9.17) is 9.47 Å². The zero-order valence-electron chi connectivity index (χ0n) is 14.4. The van der Waals surface area contributed by atoms with E-state index in [2.05, 4.69) is 0 Å². The van der Waals surface area contributed by atoms with Crippen molar-refractivity contribution in [3.63, 3.8) is 0 Å². The maximum absolute atomic E-state index is 11.4. The van der Waals surface area contributed by atoms with Gasteiger partial charge in [0.15, 0.2) is 0 Å². The first-order valence-corrected chi connectivity index (χ1v) is 8.02. The third-order valence-electron chi connectivity index (χ3n) is 4.09. The summed E-state index contributed by atoms with van der Waals surface area (Å²) in [6, 6.07) is 15.5. The van der Waals surface area contributed by atoms with Crippen molar-refractivity contribution in [2.45, 2.75) is 25.7 Å². The minimum atomic E-state index is -0.908. The average Bonchev–Trinajstić information content (AvgIpc) is 2.59. The molecule has 128 valence electrons. The van der Waals surface area contributed by atoms with Gasteiger partial charge in [0, 0.05) is 25.7 Å². The summed E-state index contributed by atoms with van der Waals surface area (Å²) in [6.45, 7) is 4.67. The zero-order chi connectivity index (χ0) is 17.6. The van der Waals surface area contributed by atoms with Gasteiger partial charge in [-0.1, -0.05) is 42.5 Å². The Labute approximate surface area is 143 Å². The molecule has 0 fully saturated rings. The molecule has 0 aliphatic rings.